The van der Waals surface area contributed by atoms with E-state index in [0.717, 1.165) is 56.1 Å². The molecule has 134 valence electrons. The Morgan fingerprint density at radius 3 is 2.92 bits per heavy atom. The molecule has 1 aliphatic heterocycles. The largest absolute Gasteiger partial charge is 0.342 e. The average Bonchev–Trinajstić information content (AvgIpc) is 3.06. The first-order valence-electron chi connectivity index (χ1n) is 9.40. The van der Waals surface area contributed by atoms with Gasteiger partial charge in [0.2, 0.25) is 5.95 Å². The van der Waals surface area contributed by atoms with E-state index in [-0.39, 0.29) is 11.5 Å². The zero-order chi connectivity index (χ0) is 17.7. The lowest BCUT2D eigenvalue weighted by molar-refractivity contribution is 0.203. The van der Waals surface area contributed by atoms with Gasteiger partial charge in [-0.2, -0.15) is 4.98 Å². The molecule has 26 heavy (non-hydrogen) atoms. The zero-order valence-electron chi connectivity index (χ0n) is 15.1. The zero-order valence-corrected chi connectivity index (χ0v) is 15.1. The monoisotopic (exact) mass is 348 g/mol. The van der Waals surface area contributed by atoms with E-state index >= 15 is 0 Å². The Morgan fingerprint density at radius 2 is 2.08 bits per heavy atom. The van der Waals surface area contributed by atoms with Crippen LogP contribution in [0, 0.1) is 12.3 Å². The molecule has 1 saturated heterocycles. The van der Waals surface area contributed by atoms with Gasteiger partial charge in [0.25, 0.3) is 0 Å². The Morgan fingerprint density at radius 1 is 1.23 bits per heavy atom. The number of nitrogens with one attached hydrogen (secondary N) is 1. The van der Waals surface area contributed by atoms with Gasteiger partial charge in [-0.15, -0.1) is 0 Å². The standard InChI is InChI=1S/C20H24N6/c1-13-12-22-17-18(23-13)25-19(24-17)26-9-7-20(8-10-26)11-14-5-3-2-4-6-15(14)16(20)21/h2-4,6,12,16H,5,7-11,21H2,1H3,(H,22,23,24,25)/t16-/m1/s1. The number of hydrogen-bond acceptors (Lipinski definition) is 5. The van der Waals surface area contributed by atoms with Gasteiger partial charge in [-0.25, -0.2) is 9.97 Å². The van der Waals surface area contributed by atoms with Crippen LogP contribution in [0.3, 0.4) is 0 Å². The van der Waals surface area contributed by atoms with Crippen molar-refractivity contribution in [1.82, 2.24) is 19.9 Å². The number of aromatic amines is 1. The van der Waals surface area contributed by atoms with Gasteiger partial charge < -0.3 is 15.6 Å². The van der Waals surface area contributed by atoms with Crippen molar-refractivity contribution in [2.75, 3.05) is 18.0 Å². The summed E-state index contributed by atoms with van der Waals surface area (Å²) >= 11 is 0. The van der Waals surface area contributed by atoms with E-state index in [1.807, 2.05) is 6.92 Å². The first kappa shape index (κ1) is 15.8. The summed E-state index contributed by atoms with van der Waals surface area (Å²) in [5.41, 5.74) is 12.2. The number of aryl methyl sites for hydroxylation is 1. The maximum atomic E-state index is 6.73. The number of H-pyrrole nitrogens is 1. The van der Waals surface area contributed by atoms with E-state index in [1.165, 1.54) is 11.1 Å². The maximum Gasteiger partial charge on any atom is 0.206 e. The van der Waals surface area contributed by atoms with Crippen molar-refractivity contribution in [3.63, 3.8) is 0 Å². The van der Waals surface area contributed by atoms with Crippen LogP contribution in [0.1, 0.15) is 31.4 Å². The van der Waals surface area contributed by atoms with Gasteiger partial charge in [0, 0.05) is 19.1 Å². The van der Waals surface area contributed by atoms with Crippen molar-refractivity contribution in [2.45, 2.75) is 38.6 Å². The van der Waals surface area contributed by atoms with Gasteiger partial charge in [-0.3, -0.25) is 0 Å². The third-order valence-corrected chi connectivity index (χ3v) is 6.23. The number of nitrogens with zero attached hydrogens (tertiary/aromatic N) is 4. The predicted octanol–water partition coefficient (Wildman–Crippen LogP) is 2.79. The number of imidazole rings is 1. The summed E-state index contributed by atoms with van der Waals surface area (Å²) in [5.74, 6) is 0.879. The summed E-state index contributed by atoms with van der Waals surface area (Å²) in [6, 6.07) is 0.150. The molecule has 0 amide bonds. The van der Waals surface area contributed by atoms with Crippen molar-refractivity contribution in [3.05, 3.63) is 47.3 Å². The molecule has 0 bridgehead atoms. The molecule has 1 spiro atoms. The van der Waals surface area contributed by atoms with Crippen molar-refractivity contribution in [2.24, 2.45) is 11.1 Å². The van der Waals surface area contributed by atoms with Crippen LogP contribution >= 0.6 is 0 Å². The Hall–Kier alpha value is -2.47. The first-order chi connectivity index (χ1) is 12.6. The Balaban J connectivity index is 1.34. The molecule has 0 saturated carbocycles. The Kier molecular flexibility index (Phi) is 3.50. The van der Waals surface area contributed by atoms with E-state index in [4.69, 9.17) is 5.73 Å². The third kappa shape index (κ3) is 2.40. The van der Waals surface area contributed by atoms with Crippen molar-refractivity contribution in [3.8, 4) is 0 Å². The Bertz CT molecular complexity index is 942. The summed E-state index contributed by atoms with van der Waals surface area (Å²) in [6.45, 7) is 3.87. The number of anilines is 1. The van der Waals surface area contributed by atoms with Gasteiger partial charge in [0.1, 0.15) is 0 Å². The molecule has 3 heterocycles. The van der Waals surface area contributed by atoms with Gasteiger partial charge in [0.05, 0.1) is 11.9 Å². The molecule has 6 heteroatoms. The predicted molar refractivity (Wildman–Crippen MR) is 103 cm³/mol. The highest BCUT2D eigenvalue weighted by molar-refractivity contribution is 5.69. The molecule has 3 N–H and O–H groups in total. The van der Waals surface area contributed by atoms with Gasteiger partial charge in [-0.05, 0) is 43.6 Å². The molecule has 2 aliphatic carbocycles. The molecule has 3 aliphatic rings. The highest BCUT2D eigenvalue weighted by atomic mass is 15.3. The van der Waals surface area contributed by atoms with Crippen LogP contribution in [0.15, 0.2) is 41.6 Å². The molecule has 6 nitrogen and oxygen atoms in total. The lowest BCUT2D eigenvalue weighted by Gasteiger charge is -2.42. The first-order valence-corrected chi connectivity index (χ1v) is 9.40. The topological polar surface area (TPSA) is 83.7 Å². The fraction of sp³-hybridized carbons (Fsp3) is 0.450. The molecule has 0 radical (unpaired) electrons. The number of fused-ring (bicyclic) bond motifs is 1. The summed E-state index contributed by atoms with van der Waals surface area (Å²) in [5, 5.41) is 0. The number of allylic oxidation sites excluding steroid dienone is 4. The van der Waals surface area contributed by atoms with E-state index in [2.05, 4.69) is 49.1 Å². The smallest absolute Gasteiger partial charge is 0.206 e. The number of hydrogen-bond donors (Lipinski definition) is 2. The van der Waals surface area contributed by atoms with Crippen LogP contribution in [-0.4, -0.2) is 39.1 Å². The van der Waals surface area contributed by atoms with E-state index in [9.17, 15) is 0 Å². The molecule has 0 unspecified atom stereocenters. The van der Waals surface area contributed by atoms with Crippen molar-refractivity contribution < 1.29 is 0 Å². The highest BCUT2D eigenvalue weighted by Gasteiger charge is 2.46. The number of rotatable bonds is 1. The third-order valence-electron chi connectivity index (χ3n) is 6.23. The molecule has 5 rings (SSSR count). The minimum absolute atomic E-state index is 0.150. The highest BCUT2D eigenvalue weighted by Crippen LogP contribution is 2.50. The molecular weight excluding hydrogens is 324 g/mol. The number of nitrogens with two attached hydrogens (primary N) is 1. The molecule has 1 fully saturated rings. The van der Waals surface area contributed by atoms with Crippen LogP contribution in [0.4, 0.5) is 5.95 Å². The van der Waals surface area contributed by atoms with Crippen LogP contribution in [0.5, 0.6) is 0 Å². The fourth-order valence-electron chi connectivity index (χ4n) is 4.72. The normalized spacial score (nSPS) is 24.5. The van der Waals surface area contributed by atoms with Crippen LogP contribution in [-0.2, 0) is 0 Å². The van der Waals surface area contributed by atoms with Gasteiger partial charge >= 0.3 is 0 Å². The second-order valence-electron chi connectivity index (χ2n) is 7.80. The Labute approximate surface area is 152 Å². The number of aromatic nitrogens is 4. The van der Waals surface area contributed by atoms with E-state index < -0.39 is 0 Å². The van der Waals surface area contributed by atoms with E-state index in [1.54, 1.807) is 6.20 Å². The SMILES string of the molecule is Cc1cnc2nc(N3CCC4(CC3)CC3=C(C=CC=CC3)[C@H]4N)[nH]c2n1. The van der Waals surface area contributed by atoms with E-state index in [0.29, 0.717) is 5.65 Å². The second kappa shape index (κ2) is 5.77. The van der Waals surface area contributed by atoms with Crippen LogP contribution in [0.2, 0.25) is 0 Å². The lowest BCUT2D eigenvalue weighted by Crippen LogP contribution is -2.48. The lowest BCUT2D eigenvalue weighted by atomic mass is 9.72. The second-order valence-corrected chi connectivity index (χ2v) is 7.80. The molecule has 0 aromatic carbocycles. The summed E-state index contributed by atoms with van der Waals surface area (Å²) in [6.07, 6.45) is 14.9. The van der Waals surface area contributed by atoms with Crippen LogP contribution < -0.4 is 10.6 Å². The summed E-state index contributed by atoms with van der Waals surface area (Å²) < 4.78 is 0. The molecule has 1 atom stereocenters. The van der Waals surface area contributed by atoms with Gasteiger partial charge in [0.15, 0.2) is 11.3 Å². The minimum Gasteiger partial charge on any atom is -0.342 e. The summed E-state index contributed by atoms with van der Waals surface area (Å²) in [4.78, 5) is 19.1. The van der Waals surface area contributed by atoms with Gasteiger partial charge in [-0.1, -0.05) is 29.9 Å². The maximum absolute atomic E-state index is 6.73. The van der Waals surface area contributed by atoms with Crippen LogP contribution in [0.25, 0.3) is 11.3 Å². The quantitative estimate of drug-likeness (QED) is 0.828. The molecular formula is C20H24N6. The minimum atomic E-state index is 0.150. The average molecular weight is 348 g/mol. The van der Waals surface area contributed by atoms with Crippen molar-refractivity contribution in [1.29, 1.82) is 0 Å². The van der Waals surface area contributed by atoms with Crippen molar-refractivity contribution >= 4 is 17.2 Å². The molecule has 2 aromatic heterocycles. The fourth-order valence-corrected chi connectivity index (χ4v) is 4.72. The number of piperidine rings is 1. The summed E-state index contributed by atoms with van der Waals surface area (Å²) in [7, 11) is 0. The molecule has 2 aromatic rings.